The first-order valence-electron chi connectivity index (χ1n) is 8.95. The van der Waals surface area contributed by atoms with Crippen molar-refractivity contribution in [3.8, 4) is 5.75 Å². The maximum atomic E-state index is 8.75. The Balaban J connectivity index is 0.00000261. The van der Waals surface area contributed by atoms with Gasteiger partial charge in [-0.2, -0.15) is 0 Å². The number of fused-ring (bicyclic) bond motifs is 1. The summed E-state index contributed by atoms with van der Waals surface area (Å²) in [5.41, 5.74) is 2.30. The van der Waals surface area contributed by atoms with Gasteiger partial charge in [0.25, 0.3) is 0 Å². The second-order valence-electron chi connectivity index (χ2n) is 6.05. The quantitative estimate of drug-likeness (QED) is 0.517. The van der Waals surface area contributed by atoms with Crippen molar-refractivity contribution in [3.05, 3.63) is 77.9 Å². The van der Waals surface area contributed by atoms with Crippen LogP contribution in [0.25, 0.3) is 10.8 Å². The Labute approximate surface area is 166 Å². The minimum atomic E-state index is 0. The van der Waals surface area contributed by atoms with Crippen LogP contribution in [0.3, 0.4) is 0 Å². The van der Waals surface area contributed by atoms with Gasteiger partial charge in [0.05, 0.1) is 19.8 Å². The van der Waals surface area contributed by atoms with Crippen LogP contribution in [0.15, 0.2) is 66.7 Å². The van der Waals surface area contributed by atoms with Gasteiger partial charge < -0.3 is 19.9 Å². The number of benzene rings is 3. The number of ether oxygens (including phenoxy) is 2. The summed E-state index contributed by atoms with van der Waals surface area (Å²) in [5.74, 6) is 0.899. The highest BCUT2D eigenvalue weighted by Crippen LogP contribution is 2.28. The van der Waals surface area contributed by atoms with Gasteiger partial charge in [-0.15, -0.1) is 12.4 Å². The molecule has 0 heterocycles. The highest BCUT2D eigenvalue weighted by molar-refractivity contribution is 5.87. The lowest BCUT2D eigenvalue weighted by atomic mass is 10.0. The second kappa shape index (κ2) is 11.6. The molecule has 0 bridgehead atoms. The molecule has 144 valence electrons. The number of hydrogen-bond donors (Lipinski definition) is 2. The number of nitrogens with one attached hydrogen (secondary N) is 1. The number of hydrogen-bond acceptors (Lipinski definition) is 4. The molecule has 0 atom stereocenters. The van der Waals surface area contributed by atoms with Crippen molar-refractivity contribution < 1.29 is 14.6 Å². The van der Waals surface area contributed by atoms with Crippen LogP contribution in [0.4, 0.5) is 0 Å². The van der Waals surface area contributed by atoms with Gasteiger partial charge in [-0.25, -0.2) is 0 Å². The average molecular weight is 388 g/mol. The number of aliphatic hydroxyl groups excluding tert-OH is 1. The third kappa shape index (κ3) is 6.22. The third-order valence-corrected chi connectivity index (χ3v) is 4.20. The minimum absolute atomic E-state index is 0. The van der Waals surface area contributed by atoms with Crippen LogP contribution in [-0.4, -0.2) is 31.5 Å². The molecule has 0 fully saturated rings. The molecule has 3 aromatic carbocycles. The van der Waals surface area contributed by atoms with E-state index in [9.17, 15) is 0 Å². The van der Waals surface area contributed by atoms with Crippen molar-refractivity contribution in [2.45, 2.75) is 13.2 Å². The summed E-state index contributed by atoms with van der Waals surface area (Å²) < 4.78 is 11.4. The maximum Gasteiger partial charge on any atom is 0.124 e. The maximum absolute atomic E-state index is 8.75. The molecule has 0 spiro atoms. The van der Waals surface area contributed by atoms with E-state index in [2.05, 4.69) is 41.7 Å². The zero-order chi connectivity index (χ0) is 18.0. The van der Waals surface area contributed by atoms with Crippen LogP contribution in [0.2, 0.25) is 0 Å². The first-order valence-corrected chi connectivity index (χ1v) is 8.95. The van der Waals surface area contributed by atoms with E-state index in [0.29, 0.717) is 26.4 Å². The average Bonchev–Trinajstić information content (AvgIpc) is 2.70. The molecule has 0 saturated heterocycles. The molecule has 0 aliphatic rings. The summed E-state index contributed by atoms with van der Waals surface area (Å²) in [6.45, 7) is 2.98. The fraction of sp³-hybridized carbons (Fsp3) is 0.273. The third-order valence-electron chi connectivity index (χ3n) is 4.20. The molecular weight excluding hydrogens is 362 g/mol. The molecule has 27 heavy (non-hydrogen) atoms. The van der Waals surface area contributed by atoms with E-state index >= 15 is 0 Å². The smallest absolute Gasteiger partial charge is 0.124 e. The van der Waals surface area contributed by atoms with Crippen molar-refractivity contribution in [1.29, 1.82) is 0 Å². The van der Waals surface area contributed by atoms with Crippen molar-refractivity contribution in [2.75, 3.05) is 26.4 Å². The minimum Gasteiger partial charge on any atom is -0.489 e. The Kier molecular flexibility index (Phi) is 9.08. The Morgan fingerprint density at radius 3 is 2.44 bits per heavy atom. The Bertz CT molecular complexity index is 811. The van der Waals surface area contributed by atoms with Crippen LogP contribution in [-0.2, 0) is 17.9 Å². The lowest BCUT2D eigenvalue weighted by molar-refractivity contribution is 0.0938. The standard InChI is InChI=1S/C22H25NO3.ClH/c24-13-15-25-14-12-23-16-21-20-9-5-4-8-19(20)10-11-22(21)26-17-18-6-2-1-3-7-18;/h1-11,23-24H,12-17H2;1H. The molecular formula is C22H26ClNO3. The summed E-state index contributed by atoms with van der Waals surface area (Å²) in [6.07, 6.45) is 0. The molecule has 0 aliphatic carbocycles. The van der Waals surface area contributed by atoms with E-state index in [1.54, 1.807) is 0 Å². The van der Waals surface area contributed by atoms with Gasteiger partial charge in [-0.3, -0.25) is 0 Å². The SMILES string of the molecule is Cl.OCCOCCNCc1c(OCc2ccccc2)ccc2ccccc12. The molecule has 0 amide bonds. The highest BCUT2D eigenvalue weighted by atomic mass is 35.5. The van der Waals surface area contributed by atoms with E-state index in [4.69, 9.17) is 14.6 Å². The van der Waals surface area contributed by atoms with Crippen molar-refractivity contribution in [3.63, 3.8) is 0 Å². The Morgan fingerprint density at radius 1 is 0.852 bits per heavy atom. The summed E-state index contributed by atoms with van der Waals surface area (Å²) >= 11 is 0. The summed E-state index contributed by atoms with van der Waals surface area (Å²) in [6, 6.07) is 22.7. The zero-order valence-corrected chi connectivity index (χ0v) is 16.1. The number of aliphatic hydroxyl groups is 1. The second-order valence-corrected chi connectivity index (χ2v) is 6.05. The predicted molar refractivity (Wildman–Crippen MR) is 112 cm³/mol. The Hall–Kier alpha value is -2.11. The van der Waals surface area contributed by atoms with Crippen LogP contribution in [0.5, 0.6) is 5.75 Å². The molecule has 3 rings (SSSR count). The molecule has 0 saturated carbocycles. The highest BCUT2D eigenvalue weighted by Gasteiger charge is 2.09. The fourth-order valence-corrected chi connectivity index (χ4v) is 2.89. The molecule has 0 aliphatic heterocycles. The largest absolute Gasteiger partial charge is 0.489 e. The summed E-state index contributed by atoms with van der Waals surface area (Å²) in [5, 5.41) is 14.5. The van der Waals surface area contributed by atoms with Crippen molar-refractivity contribution >= 4 is 23.2 Å². The lowest BCUT2D eigenvalue weighted by Gasteiger charge is -2.15. The molecule has 3 aromatic rings. The van der Waals surface area contributed by atoms with Gasteiger partial charge >= 0.3 is 0 Å². The van der Waals surface area contributed by atoms with Crippen molar-refractivity contribution in [2.24, 2.45) is 0 Å². The first-order chi connectivity index (χ1) is 12.9. The number of halogens is 1. The summed E-state index contributed by atoms with van der Waals surface area (Å²) in [4.78, 5) is 0. The monoisotopic (exact) mass is 387 g/mol. The predicted octanol–water partition coefficient (Wildman–Crippen LogP) is 3.94. The van der Waals surface area contributed by atoms with Crippen molar-refractivity contribution in [1.82, 2.24) is 5.32 Å². The topological polar surface area (TPSA) is 50.7 Å². The molecule has 0 aromatic heterocycles. The molecule has 2 N–H and O–H groups in total. The van der Waals surface area contributed by atoms with Gasteiger partial charge in [0.15, 0.2) is 0 Å². The van der Waals surface area contributed by atoms with Crippen LogP contribution < -0.4 is 10.1 Å². The van der Waals surface area contributed by atoms with Gasteiger partial charge in [-0.1, -0.05) is 60.7 Å². The van der Waals surface area contributed by atoms with E-state index in [0.717, 1.165) is 23.4 Å². The number of rotatable bonds is 10. The first kappa shape index (κ1) is 21.2. The van der Waals surface area contributed by atoms with Crippen LogP contribution in [0.1, 0.15) is 11.1 Å². The molecule has 0 radical (unpaired) electrons. The lowest BCUT2D eigenvalue weighted by Crippen LogP contribution is -2.20. The van der Waals surface area contributed by atoms with Gasteiger partial charge in [0.2, 0.25) is 0 Å². The van der Waals surface area contributed by atoms with Crippen LogP contribution >= 0.6 is 12.4 Å². The van der Waals surface area contributed by atoms with Gasteiger partial charge in [0.1, 0.15) is 12.4 Å². The normalized spacial score (nSPS) is 10.6. The molecule has 0 unspecified atom stereocenters. The molecule has 5 heteroatoms. The van der Waals surface area contributed by atoms with E-state index in [1.807, 2.05) is 30.3 Å². The van der Waals surface area contributed by atoms with E-state index in [-0.39, 0.29) is 19.0 Å². The fourth-order valence-electron chi connectivity index (χ4n) is 2.89. The Morgan fingerprint density at radius 2 is 1.63 bits per heavy atom. The summed E-state index contributed by atoms with van der Waals surface area (Å²) in [7, 11) is 0. The molecule has 4 nitrogen and oxygen atoms in total. The van der Waals surface area contributed by atoms with Crippen LogP contribution in [0, 0.1) is 0 Å². The van der Waals surface area contributed by atoms with Gasteiger partial charge in [-0.05, 0) is 22.4 Å². The zero-order valence-electron chi connectivity index (χ0n) is 15.3. The van der Waals surface area contributed by atoms with Gasteiger partial charge in [0, 0.05) is 18.7 Å². The van der Waals surface area contributed by atoms with E-state index < -0.39 is 0 Å². The van der Waals surface area contributed by atoms with E-state index in [1.165, 1.54) is 10.8 Å².